The Morgan fingerprint density at radius 1 is 1.50 bits per heavy atom. The summed E-state index contributed by atoms with van der Waals surface area (Å²) in [7, 11) is 1.65. The molecule has 1 N–H and O–H groups in total. The summed E-state index contributed by atoms with van der Waals surface area (Å²) in [4.78, 5) is 0. The second-order valence-corrected chi connectivity index (χ2v) is 4.20. The quantitative estimate of drug-likeness (QED) is 0.900. The molecule has 1 atom stereocenters. The standard InChI is InChI=1S/C11H15BrO2/c1-8(13)3-4-9-5-6-10(14-2)7-11(9)12/h5-8,13H,3-4H2,1-2H3. The molecule has 0 radical (unpaired) electrons. The topological polar surface area (TPSA) is 29.5 Å². The van der Waals surface area contributed by atoms with Crippen LogP contribution >= 0.6 is 15.9 Å². The lowest BCUT2D eigenvalue weighted by Crippen LogP contribution is -2.01. The highest BCUT2D eigenvalue weighted by Gasteiger charge is 2.03. The van der Waals surface area contributed by atoms with Crippen LogP contribution in [-0.4, -0.2) is 18.3 Å². The number of aryl methyl sites for hydroxylation is 1. The number of hydrogen-bond acceptors (Lipinski definition) is 2. The molecule has 0 fully saturated rings. The third-order valence-corrected chi connectivity index (χ3v) is 2.83. The lowest BCUT2D eigenvalue weighted by Gasteiger charge is -2.08. The van der Waals surface area contributed by atoms with Gasteiger partial charge in [-0.15, -0.1) is 0 Å². The molecule has 0 aliphatic carbocycles. The molecule has 0 aromatic heterocycles. The van der Waals surface area contributed by atoms with Gasteiger partial charge >= 0.3 is 0 Å². The average molecular weight is 259 g/mol. The number of halogens is 1. The molecular formula is C11H15BrO2. The van der Waals surface area contributed by atoms with Crippen LogP contribution in [0.3, 0.4) is 0 Å². The van der Waals surface area contributed by atoms with Crippen LogP contribution in [0.1, 0.15) is 18.9 Å². The van der Waals surface area contributed by atoms with Crippen LogP contribution in [-0.2, 0) is 6.42 Å². The average Bonchev–Trinajstić information content (AvgIpc) is 2.15. The van der Waals surface area contributed by atoms with Crippen molar-refractivity contribution >= 4 is 15.9 Å². The highest BCUT2D eigenvalue weighted by Crippen LogP contribution is 2.24. The second-order valence-electron chi connectivity index (χ2n) is 3.35. The monoisotopic (exact) mass is 258 g/mol. The minimum atomic E-state index is -0.246. The number of rotatable bonds is 4. The zero-order valence-corrected chi connectivity index (χ0v) is 10.0. The van der Waals surface area contributed by atoms with Gasteiger partial charge in [0, 0.05) is 4.47 Å². The molecule has 0 saturated carbocycles. The van der Waals surface area contributed by atoms with Crippen molar-refractivity contribution in [2.24, 2.45) is 0 Å². The Kier molecular flexibility index (Phi) is 4.42. The van der Waals surface area contributed by atoms with E-state index in [9.17, 15) is 0 Å². The normalized spacial score (nSPS) is 12.6. The number of ether oxygens (including phenoxy) is 1. The summed E-state index contributed by atoms with van der Waals surface area (Å²) in [5.74, 6) is 0.845. The lowest BCUT2D eigenvalue weighted by molar-refractivity contribution is 0.185. The Morgan fingerprint density at radius 3 is 2.71 bits per heavy atom. The first kappa shape index (κ1) is 11.5. The first-order valence-corrected chi connectivity index (χ1v) is 5.43. The molecule has 78 valence electrons. The minimum Gasteiger partial charge on any atom is -0.497 e. The first-order chi connectivity index (χ1) is 6.63. The Hall–Kier alpha value is -0.540. The Balaban J connectivity index is 2.69. The maximum atomic E-state index is 9.17. The van der Waals surface area contributed by atoms with E-state index in [-0.39, 0.29) is 6.10 Å². The largest absolute Gasteiger partial charge is 0.497 e. The number of benzene rings is 1. The predicted molar refractivity (Wildman–Crippen MR) is 60.7 cm³/mol. The third-order valence-electron chi connectivity index (χ3n) is 2.09. The van der Waals surface area contributed by atoms with Crippen LogP contribution in [0.5, 0.6) is 5.75 Å². The fourth-order valence-corrected chi connectivity index (χ4v) is 1.78. The van der Waals surface area contributed by atoms with Crippen LogP contribution in [0.15, 0.2) is 22.7 Å². The Morgan fingerprint density at radius 2 is 2.21 bits per heavy atom. The zero-order chi connectivity index (χ0) is 10.6. The van der Waals surface area contributed by atoms with E-state index in [4.69, 9.17) is 9.84 Å². The van der Waals surface area contributed by atoms with E-state index >= 15 is 0 Å². The summed E-state index contributed by atoms with van der Waals surface area (Å²) in [6, 6.07) is 5.89. The van der Waals surface area contributed by atoms with Gasteiger partial charge in [-0.1, -0.05) is 22.0 Å². The molecule has 0 aliphatic rings. The minimum absolute atomic E-state index is 0.246. The van der Waals surface area contributed by atoms with Crippen LogP contribution < -0.4 is 4.74 Å². The van der Waals surface area contributed by atoms with Gasteiger partial charge in [-0.25, -0.2) is 0 Å². The molecule has 0 amide bonds. The first-order valence-electron chi connectivity index (χ1n) is 4.64. The van der Waals surface area contributed by atoms with Crippen LogP contribution in [0, 0.1) is 0 Å². The van der Waals surface area contributed by atoms with Crippen molar-refractivity contribution in [3.05, 3.63) is 28.2 Å². The molecule has 14 heavy (non-hydrogen) atoms. The molecule has 0 heterocycles. The fourth-order valence-electron chi connectivity index (χ4n) is 1.22. The smallest absolute Gasteiger partial charge is 0.120 e. The van der Waals surface area contributed by atoms with E-state index in [0.717, 1.165) is 23.1 Å². The highest BCUT2D eigenvalue weighted by atomic mass is 79.9. The van der Waals surface area contributed by atoms with Crippen molar-refractivity contribution in [1.29, 1.82) is 0 Å². The van der Waals surface area contributed by atoms with Gasteiger partial charge in [-0.2, -0.15) is 0 Å². The maximum Gasteiger partial charge on any atom is 0.120 e. The van der Waals surface area contributed by atoms with Crippen molar-refractivity contribution in [3.8, 4) is 5.75 Å². The van der Waals surface area contributed by atoms with Crippen LogP contribution in [0.25, 0.3) is 0 Å². The third kappa shape index (κ3) is 3.31. The van der Waals surface area contributed by atoms with Gasteiger partial charge in [0.15, 0.2) is 0 Å². The molecule has 1 aromatic rings. The van der Waals surface area contributed by atoms with Gasteiger partial charge in [-0.05, 0) is 37.5 Å². The van der Waals surface area contributed by atoms with Gasteiger partial charge in [0.2, 0.25) is 0 Å². The van der Waals surface area contributed by atoms with Gasteiger partial charge in [-0.3, -0.25) is 0 Å². The lowest BCUT2D eigenvalue weighted by atomic mass is 10.1. The predicted octanol–water partition coefficient (Wildman–Crippen LogP) is 2.77. The molecule has 2 nitrogen and oxygen atoms in total. The van der Waals surface area contributed by atoms with Crippen LogP contribution in [0.2, 0.25) is 0 Å². The summed E-state index contributed by atoms with van der Waals surface area (Å²) in [6.07, 6.45) is 1.41. The molecule has 0 spiro atoms. The summed E-state index contributed by atoms with van der Waals surface area (Å²) in [5.41, 5.74) is 1.20. The van der Waals surface area contributed by atoms with Crippen molar-refractivity contribution < 1.29 is 9.84 Å². The van der Waals surface area contributed by atoms with E-state index in [1.807, 2.05) is 18.2 Å². The van der Waals surface area contributed by atoms with Crippen molar-refractivity contribution in [2.75, 3.05) is 7.11 Å². The van der Waals surface area contributed by atoms with Crippen molar-refractivity contribution in [2.45, 2.75) is 25.9 Å². The molecular weight excluding hydrogens is 244 g/mol. The van der Waals surface area contributed by atoms with Gasteiger partial charge in [0.05, 0.1) is 13.2 Å². The Bertz CT molecular complexity index is 297. The number of hydrogen-bond donors (Lipinski definition) is 1. The summed E-state index contributed by atoms with van der Waals surface area (Å²) in [6.45, 7) is 1.80. The fraction of sp³-hybridized carbons (Fsp3) is 0.455. The number of aliphatic hydroxyl groups is 1. The molecule has 1 aromatic carbocycles. The molecule has 0 saturated heterocycles. The summed E-state index contributed by atoms with van der Waals surface area (Å²) in [5, 5.41) is 9.17. The van der Waals surface area contributed by atoms with E-state index in [2.05, 4.69) is 15.9 Å². The van der Waals surface area contributed by atoms with Crippen LogP contribution in [0.4, 0.5) is 0 Å². The highest BCUT2D eigenvalue weighted by molar-refractivity contribution is 9.10. The zero-order valence-electron chi connectivity index (χ0n) is 8.46. The van der Waals surface area contributed by atoms with Gasteiger partial charge < -0.3 is 9.84 Å². The van der Waals surface area contributed by atoms with E-state index in [1.165, 1.54) is 5.56 Å². The van der Waals surface area contributed by atoms with E-state index < -0.39 is 0 Å². The maximum absolute atomic E-state index is 9.17. The molecule has 0 aliphatic heterocycles. The molecule has 1 rings (SSSR count). The van der Waals surface area contributed by atoms with Crippen molar-refractivity contribution in [1.82, 2.24) is 0 Å². The van der Waals surface area contributed by atoms with E-state index in [1.54, 1.807) is 14.0 Å². The molecule has 3 heteroatoms. The molecule has 1 unspecified atom stereocenters. The number of methoxy groups -OCH3 is 1. The van der Waals surface area contributed by atoms with Gasteiger partial charge in [0.1, 0.15) is 5.75 Å². The van der Waals surface area contributed by atoms with E-state index in [0.29, 0.717) is 0 Å². The molecule has 0 bridgehead atoms. The SMILES string of the molecule is COc1ccc(CCC(C)O)c(Br)c1. The summed E-state index contributed by atoms with van der Waals surface area (Å²) >= 11 is 3.48. The number of aliphatic hydroxyl groups excluding tert-OH is 1. The second kappa shape index (κ2) is 5.37. The summed E-state index contributed by atoms with van der Waals surface area (Å²) < 4.78 is 6.14. The van der Waals surface area contributed by atoms with Gasteiger partial charge in [0.25, 0.3) is 0 Å². The Labute approximate surface area is 93.0 Å². The van der Waals surface area contributed by atoms with Crippen molar-refractivity contribution in [3.63, 3.8) is 0 Å².